The Morgan fingerprint density at radius 2 is 1.68 bits per heavy atom. The molecule has 1 aromatic rings. The Labute approximate surface area is 136 Å². The molecular weight excluding hydrogens is 272 g/mol. The van der Waals surface area contributed by atoms with Crippen molar-refractivity contribution in [1.82, 2.24) is 0 Å². The molecule has 1 unspecified atom stereocenters. The van der Waals surface area contributed by atoms with E-state index in [-0.39, 0.29) is 5.41 Å². The first-order chi connectivity index (χ1) is 10.1. The van der Waals surface area contributed by atoms with Crippen LogP contribution in [0.1, 0.15) is 58.1 Å². The monoisotopic (exact) mass is 297 g/mol. The fourth-order valence-electron chi connectivity index (χ4n) is 3.02. The zero-order chi connectivity index (χ0) is 16.6. The van der Waals surface area contributed by atoms with E-state index in [1.54, 1.807) is 26.0 Å². The maximum Gasteiger partial charge on any atom is 0.117 e. The van der Waals surface area contributed by atoms with Crippen LogP contribution in [0.15, 0.2) is 24.3 Å². The van der Waals surface area contributed by atoms with Crippen LogP contribution in [0, 0.1) is 5.41 Å². The second kappa shape index (κ2) is 5.93. The molecule has 0 heterocycles. The first kappa shape index (κ1) is 17.4. The van der Waals surface area contributed by atoms with Crippen molar-refractivity contribution in [3.05, 3.63) is 29.8 Å². The zero-order valence-electron chi connectivity index (χ0n) is 13.8. The molecule has 22 heavy (non-hydrogen) atoms. The van der Waals surface area contributed by atoms with Crippen LogP contribution in [0.2, 0.25) is 0 Å². The molecule has 0 amide bonds. The molecule has 0 aliphatic heterocycles. The molecule has 1 fully saturated rings. The van der Waals surface area contributed by atoms with Gasteiger partial charge in [-0.1, -0.05) is 31.9 Å². The number of hydrogen-bond acceptors (Lipinski definition) is 3. The SMILES string of the molecule is [B]C([B])(Oc1ccc(C(N)C(C)(C)O)cc1)C1(C)CCCC1. The van der Waals surface area contributed by atoms with Crippen LogP contribution in [0.5, 0.6) is 5.75 Å². The highest BCUT2D eigenvalue weighted by atomic mass is 16.5. The molecule has 0 saturated heterocycles. The van der Waals surface area contributed by atoms with E-state index in [1.807, 2.05) is 12.1 Å². The Bertz CT molecular complexity index is 502. The van der Waals surface area contributed by atoms with E-state index in [1.165, 1.54) is 0 Å². The minimum atomic E-state index is -1.19. The molecule has 1 aliphatic carbocycles. The van der Waals surface area contributed by atoms with Crippen LogP contribution in [0.3, 0.4) is 0 Å². The van der Waals surface area contributed by atoms with Crippen LogP contribution in [0.4, 0.5) is 0 Å². The molecule has 0 bridgehead atoms. The van der Waals surface area contributed by atoms with Gasteiger partial charge in [0.1, 0.15) is 21.4 Å². The van der Waals surface area contributed by atoms with Gasteiger partial charge in [0, 0.05) is 5.40 Å². The maximum absolute atomic E-state index is 9.98. The molecule has 1 aliphatic rings. The van der Waals surface area contributed by atoms with Crippen molar-refractivity contribution < 1.29 is 9.84 Å². The van der Waals surface area contributed by atoms with Gasteiger partial charge >= 0.3 is 0 Å². The third-order valence-corrected chi connectivity index (χ3v) is 4.94. The molecule has 5 heteroatoms. The summed E-state index contributed by atoms with van der Waals surface area (Å²) in [5, 5.41) is 8.79. The second-order valence-corrected chi connectivity index (χ2v) is 7.36. The van der Waals surface area contributed by atoms with E-state index < -0.39 is 17.0 Å². The summed E-state index contributed by atoms with van der Waals surface area (Å²) in [5.41, 5.74) is 5.68. The van der Waals surface area contributed by atoms with Gasteiger partial charge in [0.25, 0.3) is 0 Å². The highest BCUT2D eigenvalue weighted by Gasteiger charge is 2.43. The van der Waals surface area contributed by atoms with Gasteiger partial charge in [0.05, 0.1) is 11.6 Å². The van der Waals surface area contributed by atoms with Crippen LogP contribution in [-0.2, 0) is 0 Å². The lowest BCUT2D eigenvalue weighted by Gasteiger charge is -2.43. The molecule has 1 atom stereocenters. The number of rotatable bonds is 5. The minimum absolute atomic E-state index is 0.213. The molecule has 1 saturated carbocycles. The molecular formula is C17H25B2NO2. The first-order valence-corrected chi connectivity index (χ1v) is 7.90. The quantitative estimate of drug-likeness (QED) is 0.821. The largest absolute Gasteiger partial charge is 0.506 e. The van der Waals surface area contributed by atoms with Gasteiger partial charge in [-0.05, 0) is 49.8 Å². The van der Waals surface area contributed by atoms with E-state index in [4.69, 9.17) is 26.2 Å². The predicted molar refractivity (Wildman–Crippen MR) is 91.1 cm³/mol. The van der Waals surface area contributed by atoms with E-state index in [0.29, 0.717) is 5.75 Å². The average molecular weight is 297 g/mol. The van der Waals surface area contributed by atoms with Gasteiger partial charge in [-0.3, -0.25) is 0 Å². The van der Waals surface area contributed by atoms with Crippen LogP contribution < -0.4 is 10.5 Å². The van der Waals surface area contributed by atoms with Crippen LogP contribution in [0.25, 0.3) is 0 Å². The minimum Gasteiger partial charge on any atom is -0.506 e. The fourth-order valence-corrected chi connectivity index (χ4v) is 3.02. The summed E-state index contributed by atoms with van der Waals surface area (Å²) in [7, 11) is 12.5. The van der Waals surface area contributed by atoms with Gasteiger partial charge < -0.3 is 15.6 Å². The van der Waals surface area contributed by atoms with E-state index in [2.05, 4.69) is 6.92 Å². The lowest BCUT2D eigenvalue weighted by atomic mass is 9.50. The van der Waals surface area contributed by atoms with Crippen molar-refractivity contribution in [2.75, 3.05) is 0 Å². The van der Waals surface area contributed by atoms with Crippen LogP contribution >= 0.6 is 0 Å². The summed E-state index contributed by atoms with van der Waals surface area (Å²) in [6.45, 7) is 5.46. The number of hydrogen-bond donors (Lipinski definition) is 2. The van der Waals surface area contributed by atoms with Crippen molar-refractivity contribution in [3.8, 4) is 5.75 Å². The summed E-state index contributed by atoms with van der Waals surface area (Å²) in [5.74, 6) is 0.616. The van der Waals surface area contributed by atoms with Crippen LogP contribution in [-0.4, -0.2) is 31.8 Å². The molecule has 3 nitrogen and oxygen atoms in total. The zero-order valence-corrected chi connectivity index (χ0v) is 13.8. The molecule has 0 spiro atoms. The molecule has 4 radical (unpaired) electrons. The van der Waals surface area contributed by atoms with Crippen molar-refractivity contribution in [1.29, 1.82) is 0 Å². The third kappa shape index (κ3) is 3.52. The normalized spacial score (nSPS) is 19.9. The van der Waals surface area contributed by atoms with Crippen molar-refractivity contribution >= 4 is 15.7 Å². The number of benzene rings is 1. The van der Waals surface area contributed by atoms with Crippen molar-refractivity contribution in [2.45, 2.75) is 63.5 Å². The van der Waals surface area contributed by atoms with Gasteiger partial charge in [-0.2, -0.15) is 0 Å². The average Bonchev–Trinajstić information content (AvgIpc) is 2.86. The summed E-state index contributed by atoms with van der Waals surface area (Å²) >= 11 is 0. The van der Waals surface area contributed by atoms with E-state index >= 15 is 0 Å². The van der Waals surface area contributed by atoms with E-state index in [9.17, 15) is 5.11 Å². The first-order valence-electron chi connectivity index (χ1n) is 7.90. The van der Waals surface area contributed by atoms with Crippen molar-refractivity contribution in [2.24, 2.45) is 11.1 Å². The number of nitrogens with two attached hydrogens (primary N) is 1. The van der Waals surface area contributed by atoms with Gasteiger partial charge in [0.2, 0.25) is 0 Å². The standard InChI is InChI=1S/C17H25B2NO2/c1-15(2,21)14(20)12-6-8-13(9-7-12)22-17(18,19)16(3)10-4-5-11-16/h6-9,14,21H,4-5,10-11,20H2,1-3H3. The number of ether oxygens (including phenoxy) is 1. The summed E-state index contributed by atoms with van der Waals surface area (Å²) in [4.78, 5) is 0. The topological polar surface area (TPSA) is 55.5 Å². The number of aliphatic hydroxyl groups is 1. The third-order valence-electron chi connectivity index (χ3n) is 4.94. The van der Waals surface area contributed by atoms with Gasteiger partial charge in [-0.15, -0.1) is 0 Å². The highest BCUT2D eigenvalue weighted by Crippen LogP contribution is 2.45. The summed E-state index contributed by atoms with van der Waals surface area (Å²) in [6, 6.07) is 6.81. The smallest absolute Gasteiger partial charge is 0.117 e. The van der Waals surface area contributed by atoms with E-state index in [0.717, 1.165) is 31.2 Å². The van der Waals surface area contributed by atoms with Crippen molar-refractivity contribution in [3.63, 3.8) is 0 Å². The maximum atomic E-state index is 9.98. The Morgan fingerprint density at radius 3 is 2.14 bits per heavy atom. The lowest BCUT2D eigenvalue weighted by molar-refractivity contribution is 0.0516. The Balaban J connectivity index is 2.11. The Hall–Kier alpha value is -0.930. The lowest BCUT2D eigenvalue weighted by Crippen LogP contribution is -2.51. The summed E-state index contributed by atoms with van der Waals surface area (Å²) in [6.07, 6.45) is 4.22. The molecule has 1 aromatic carbocycles. The molecule has 116 valence electrons. The highest BCUT2D eigenvalue weighted by molar-refractivity contribution is 6.39. The second-order valence-electron chi connectivity index (χ2n) is 7.36. The molecule has 0 aromatic heterocycles. The Morgan fingerprint density at radius 1 is 1.18 bits per heavy atom. The molecule has 3 N–H and O–H groups in total. The predicted octanol–water partition coefficient (Wildman–Crippen LogP) is 2.41. The molecule has 2 rings (SSSR count). The summed E-state index contributed by atoms with van der Waals surface area (Å²) < 4.78 is 5.86. The van der Waals surface area contributed by atoms with Gasteiger partial charge in [0.15, 0.2) is 0 Å². The fraction of sp³-hybridized carbons (Fsp3) is 0.647. The Kier molecular flexibility index (Phi) is 4.70. The van der Waals surface area contributed by atoms with Gasteiger partial charge in [-0.25, -0.2) is 0 Å².